The van der Waals surface area contributed by atoms with E-state index < -0.39 is 0 Å². The molecule has 16 heavy (non-hydrogen) atoms. The van der Waals surface area contributed by atoms with Crippen LogP contribution in [-0.2, 0) is 6.42 Å². The Morgan fingerprint density at radius 2 is 2.19 bits per heavy atom. The van der Waals surface area contributed by atoms with E-state index in [0.717, 1.165) is 28.9 Å². The van der Waals surface area contributed by atoms with Gasteiger partial charge in [0.05, 0.1) is 18.4 Å². The van der Waals surface area contributed by atoms with Crippen molar-refractivity contribution in [2.45, 2.75) is 6.42 Å². The average molecular weight is 237 g/mol. The molecule has 0 unspecified atom stereocenters. The number of aromatic nitrogens is 1. The summed E-state index contributed by atoms with van der Waals surface area (Å²) in [6, 6.07) is 3.73. The zero-order valence-corrected chi connectivity index (χ0v) is 9.12. The van der Waals surface area contributed by atoms with Gasteiger partial charge in [-0.25, -0.2) is 0 Å². The second-order valence-corrected chi connectivity index (χ2v) is 4.08. The molecule has 1 aromatic heterocycles. The fraction of sp³-hybridized carbons (Fsp3) is 0.182. The highest BCUT2D eigenvalue weighted by Gasteiger charge is 2.21. The summed E-state index contributed by atoms with van der Waals surface area (Å²) in [5.41, 5.74) is 8.36. The smallest absolute Gasteiger partial charge is 0.230 e. The van der Waals surface area contributed by atoms with Gasteiger partial charge in [0.2, 0.25) is 5.88 Å². The zero-order chi connectivity index (χ0) is 11.1. The van der Waals surface area contributed by atoms with Crippen LogP contribution in [0.4, 0.5) is 5.88 Å². The van der Waals surface area contributed by atoms with Gasteiger partial charge in [-0.3, -0.25) is 0 Å². The lowest BCUT2D eigenvalue weighted by atomic mass is 10.0. The molecule has 0 bridgehead atoms. The van der Waals surface area contributed by atoms with Crippen LogP contribution in [-0.4, -0.2) is 11.8 Å². The van der Waals surface area contributed by atoms with E-state index in [0.29, 0.717) is 11.6 Å². The second kappa shape index (κ2) is 3.42. The van der Waals surface area contributed by atoms with Gasteiger partial charge < -0.3 is 15.0 Å². The van der Waals surface area contributed by atoms with Crippen LogP contribution in [0.15, 0.2) is 22.9 Å². The number of halogens is 1. The van der Waals surface area contributed by atoms with E-state index in [4.69, 9.17) is 26.6 Å². The quantitative estimate of drug-likeness (QED) is 0.827. The van der Waals surface area contributed by atoms with Gasteiger partial charge in [0.15, 0.2) is 0 Å². The van der Waals surface area contributed by atoms with Crippen molar-refractivity contribution >= 4 is 17.5 Å². The molecule has 4 nitrogen and oxygen atoms in total. The van der Waals surface area contributed by atoms with Crippen LogP contribution in [0.25, 0.3) is 11.1 Å². The van der Waals surface area contributed by atoms with E-state index in [1.165, 1.54) is 0 Å². The summed E-state index contributed by atoms with van der Waals surface area (Å²) >= 11 is 6.05. The third-order valence-electron chi connectivity index (χ3n) is 2.64. The summed E-state index contributed by atoms with van der Waals surface area (Å²) in [5.74, 6) is 1.11. The van der Waals surface area contributed by atoms with Crippen molar-refractivity contribution in [1.82, 2.24) is 5.16 Å². The predicted molar refractivity (Wildman–Crippen MR) is 60.6 cm³/mol. The Morgan fingerprint density at radius 3 is 2.94 bits per heavy atom. The Labute approximate surface area is 96.9 Å². The first-order valence-corrected chi connectivity index (χ1v) is 5.29. The van der Waals surface area contributed by atoms with Gasteiger partial charge in [0, 0.05) is 17.0 Å². The van der Waals surface area contributed by atoms with Gasteiger partial charge in [-0.2, -0.15) is 0 Å². The van der Waals surface area contributed by atoms with Crippen molar-refractivity contribution in [3.63, 3.8) is 0 Å². The zero-order valence-electron chi connectivity index (χ0n) is 8.37. The lowest BCUT2D eigenvalue weighted by Crippen LogP contribution is -1.90. The maximum absolute atomic E-state index is 6.05. The van der Waals surface area contributed by atoms with Crippen molar-refractivity contribution in [2.75, 3.05) is 12.3 Å². The number of rotatable bonds is 1. The van der Waals surface area contributed by atoms with E-state index in [-0.39, 0.29) is 5.88 Å². The highest BCUT2D eigenvalue weighted by Crippen LogP contribution is 2.41. The van der Waals surface area contributed by atoms with Gasteiger partial charge in [-0.15, -0.1) is 0 Å². The minimum atomic E-state index is 0.278. The number of nitrogens with two attached hydrogens (primary N) is 1. The van der Waals surface area contributed by atoms with Gasteiger partial charge in [-0.1, -0.05) is 16.8 Å². The van der Waals surface area contributed by atoms with E-state index in [1.807, 2.05) is 12.1 Å². The molecule has 5 heteroatoms. The Kier molecular flexibility index (Phi) is 2.04. The van der Waals surface area contributed by atoms with Crippen molar-refractivity contribution in [1.29, 1.82) is 0 Å². The Hall–Kier alpha value is -1.68. The molecular weight excluding hydrogens is 228 g/mol. The largest absolute Gasteiger partial charge is 0.492 e. The third kappa shape index (κ3) is 1.34. The Morgan fingerprint density at radius 1 is 1.31 bits per heavy atom. The molecule has 2 heterocycles. The SMILES string of the molecule is Nc1oncc1-c1cc(Cl)cc2c1OCC2. The highest BCUT2D eigenvalue weighted by molar-refractivity contribution is 6.31. The molecule has 0 spiro atoms. The van der Waals surface area contributed by atoms with Crippen LogP contribution in [0.5, 0.6) is 5.75 Å². The summed E-state index contributed by atoms with van der Waals surface area (Å²) in [4.78, 5) is 0. The molecule has 0 atom stereocenters. The molecule has 0 saturated carbocycles. The Balaban J connectivity index is 2.25. The molecule has 0 amide bonds. The summed E-state index contributed by atoms with van der Waals surface area (Å²) < 4.78 is 10.4. The second-order valence-electron chi connectivity index (χ2n) is 3.64. The van der Waals surface area contributed by atoms with Crippen molar-refractivity contribution < 1.29 is 9.26 Å². The third-order valence-corrected chi connectivity index (χ3v) is 2.86. The number of nitrogen functional groups attached to an aromatic ring is 1. The molecule has 3 rings (SSSR count). The van der Waals surface area contributed by atoms with Crippen LogP contribution in [0, 0.1) is 0 Å². The Bertz CT molecular complexity index is 551. The number of ether oxygens (including phenoxy) is 1. The highest BCUT2D eigenvalue weighted by atomic mass is 35.5. The minimum Gasteiger partial charge on any atom is -0.492 e. The molecule has 0 radical (unpaired) electrons. The number of hydrogen-bond acceptors (Lipinski definition) is 4. The summed E-state index contributed by atoms with van der Waals surface area (Å²) in [5, 5.41) is 4.32. The van der Waals surface area contributed by atoms with Gasteiger partial charge in [-0.05, 0) is 17.7 Å². The van der Waals surface area contributed by atoms with E-state index in [9.17, 15) is 0 Å². The fourth-order valence-electron chi connectivity index (χ4n) is 1.92. The topological polar surface area (TPSA) is 61.3 Å². The molecule has 82 valence electrons. The monoisotopic (exact) mass is 236 g/mol. The van der Waals surface area contributed by atoms with Crippen molar-refractivity contribution in [3.05, 3.63) is 28.9 Å². The molecule has 1 aromatic carbocycles. The van der Waals surface area contributed by atoms with Gasteiger partial charge in [0.25, 0.3) is 0 Å². The van der Waals surface area contributed by atoms with Crippen LogP contribution in [0.2, 0.25) is 5.02 Å². The lowest BCUT2D eigenvalue weighted by molar-refractivity contribution is 0.358. The maximum atomic E-state index is 6.05. The van der Waals surface area contributed by atoms with Crippen LogP contribution < -0.4 is 10.5 Å². The summed E-state index contributed by atoms with van der Waals surface area (Å²) in [7, 11) is 0. The maximum Gasteiger partial charge on any atom is 0.230 e. The first-order chi connectivity index (χ1) is 7.75. The number of fused-ring (bicyclic) bond motifs is 1. The number of hydrogen-bond donors (Lipinski definition) is 1. The molecule has 0 fully saturated rings. The number of benzene rings is 1. The van der Waals surface area contributed by atoms with E-state index >= 15 is 0 Å². The van der Waals surface area contributed by atoms with E-state index in [2.05, 4.69) is 5.16 Å². The molecule has 1 aliphatic rings. The number of anilines is 1. The van der Waals surface area contributed by atoms with E-state index in [1.54, 1.807) is 6.20 Å². The molecule has 0 aliphatic carbocycles. The molecule has 2 aromatic rings. The van der Waals surface area contributed by atoms with Crippen LogP contribution >= 0.6 is 11.6 Å². The summed E-state index contributed by atoms with van der Waals surface area (Å²) in [6.45, 7) is 0.674. The first kappa shape index (κ1) is 9.54. The number of nitrogens with zero attached hydrogens (tertiary/aromatic N) is 1. The predicted octanol–water partition coefficient (Wildman–Crippen LogP) is 2.51. The van der Waals surface area contributed by atoms with Gasteiger partial charge in [0.1, 0.15) is 5.75 Å². The van der Waals surface area contributed by atoms with Crippen molar-refractivity contribution in [2.24, 2.45) is 0 Å². The fourth-order valence-corrected chi connectivity index (χ4v) is 2.16. The van der Waals surface area contributed by atoms with Crippen LogP contribution in [0.3, 0.4) is 0 Å². The normalized spacial score (nSPS) is 13.6. The molecular formula is C11H9ClN2O2. The molecule has 0 saturated heterocycles. The van der Waals surface area contributed by atoms with Gasteiger partial charge >= 0.3 is 0 Å². The average Bonchev–Trinajstić information content (AvgIpc) is 2.84. The van der Waals surface area contributed by atoms with Crippen LogP contribution in [0.1, 0.15) is 5.56 Å². The first-order valence-electron chi connectivity index (χ1n) is 4.91. The molecule has 1 aliphatic heterocycles. The minimum absolute atomic E-state index is 0.278. The van der Waals surface area contributed by atoms with Crippen molar-refractivity contribution in [3.8, 4) is 16.9 Å². The molecule has 2 N–H and O–H groups in total. The summed E-state index contributed by atoms with van der Waals surface area (Å²) in [6.07, 6.45) is 2.44. The standard InChI is InChI=1S/C11H9ClN2O2/c12-7-3-6-1-2-15-10(6)8(4-7)9-5-14-16-11(9)13/h3-5H,1-2,13H2. The lowest BCUT2D eigenvalue weighted by Gasteiger charge is -2.07.